The van der Waals surface area contributed by atoms with Crippen LogP contribution in [0.15, 0.2) is 18.2 Å². The van der Waals surface area contributed by atoms with Gasteiger partial charge in [0.05, 0.1) is 5.02 Å². The lowest BCUT2D eigenvalue weighted by molar-refractivity contribution is 0.101. The molecule has 0 radical (unpaired) electrons. The molecule has 2 rings (SSSR count). The topological polar surface area (TPSA) is 68.2 Å². The Morgan fingerprint density at radius 2 is 1.91 bits per heavy atom. The van der Waals surface area contributed by atoms with Gasteiger partial charge in [0, 0.05) is 25.6 Å². The zero-order valence-corrected chi connectivity index (χ0v) is 14.5. The average Bonchev–Trinajstić information content (AvgIpc) is 2.48. The van der Waals surface area contributed by atoms with Crippen molar-refractivity contribution >= 4 is 23.3 Å². The van der Waals surface area contributed by atoms with Crippen LogP contribution in [0.5, 0.6) is 11.8 Å². The van der Waals surface area contributed by atoms with E-state index in [1.165, 1.54) is 6.92 Å². The van der Waals surface area contributed by atoms with E-state index in [-0.39, 0.29) is 17.7 Å². The standard InChI is InChI=1S/C16H19ClN4O2/c1-9(2)14-18-15(21(4)5)20-16(19-14)23-13-7-6-11(10(3)22)8-12(13)17/h6-9H,1-5H3. The molecule has 0 N–H and O–H groups in total. The number of ether oxygens (including phenoxy) is 1. The summed E-state index contributed by atoms with van der Waals surface area (Å²) in [6.45, 7) is 5.47. The Kier molecular flexibility index (Phi) is 5.15. The average molecular weight is 335 g/mol. The number of benzene rings is 1. The zero-order chi connectivity index (χ0) is 17.1. The van der Waals surface area contributed by atoms with Crippen molar-refractivity contribution in [3.8, 4) is 11.8 Å². The number of carbonyl (C=O) groups excluding carboxylic acids is 1. The third-order valence-corrected chi connectivity index (χ3v) is 3.37. The molecule has 23 heavy (non-hydrogen) atoms. The molecule has 0 aliphatic rings. The largest absolute Gasteiger partial charge is 0.423 e. The van der Waals surface area contributed by atoms with E-state index in [1.54, 1.807) is 23.1 Å². The fourth-order valence-corrected chi connectivity index (χ4v) is 1.98. The van der Waals surface area contributed by atoms with Crippen molar-refractivity contribution in [2.45, 2.75) is 26.7 Å². The predicted molar refractivity (Wildman–Crippen MR) is 89.8 cm³/mol. The normalized spacial score (nSPS) is 10.7. The maximum Gasteiger partial charge on any atom is 0.327 e. The summed E-state index contributed by atoms with van der Waals surface area (Å²) in [5.41, 5.74) is 0.523. The molecule has 1 aromatic heterocycles. The second kappa shape index (κ2) is 6.91. The Labute approximate surface area is 140 Å². The molecule has 0 fully saturated rings. The lowest BCUT2D eigenvalue weighted by Crippen LogP contribution is -2.15. The molecule has 0 saturated carbocycles. The number of ketones is 1. The number of hydrogen-bond donors (Lipinski definition) is 0. The van der Waals surface area contributed by atoms with E-state index in [4.69, 9.17) is 16.3 Å². The van der Waals surface area contributed by atoms with Gasteiger partial charge in [-0.25, -0.2) is 0 Å². The van der Waals surface area contributed by atoms with Crippen LogP contribution < -0.4 is 9.64 Å². The summed E-state index contributed by atoms with van der Waals surface area (Å²) in [5.74, 6) is 1.61. The first-order valence-electron chi connectivity index (χ1n) is 7.19. The van der Waals surface area contributed by atoms with Crippen molar-refractivity contribution in [3.05, 3.63) is 34.6 Å². The van der Waals surface area contributed by atoms with Crippen LogP contribution in [0, 0.1) is 0 Å². The zero-order valence-electron chi connectivity index (χ0n) is 13.8. The van der Waals surface area contributed by atoms with Crippen LogP contribution in [-0.4, -0.2) is 34.8 Å². The Morgan fingerprint density at radius 3 is 2.43 bits per heavy atom. The van der Waals surface area contributed by atoms with Crippen LogP contribution in [-0.2, 0) is 0 Å². The van der Waals surface area contributed by atoms with E-state index in [0.29, 0.717) is 28.1 Å². The van der Waals surface area contributed by atoms with Gasteiger partial charge in [-0.1, -0.05) is 25.4 Å². The van der Waals surface area contributed by atoms with Crippen molar-refractivity contribution in [1.29, 1.82) is 0 Å². The third-order valence-electron chi connectivity index (χ3n) is 3.08. The first kappa shape index (κ1) is 17.1. The fraction of sp³-hybridized carbons (Fsp3) is 0.375. The van der Waals surface area contributed by atoms with Gasteiger partial charge in [-0.15, -0.1) is 0 Å². The maximum atomic E-state index is 11.4. The molecule has 2 aromatic rings. The number of Topliss-reactive ketones (excluding diaryl/α,β-unsaturated/α-hetero) is 1. The van der Waals surface area contributed by atoms with Crippen molar-refractivity contribution in [1.82, 2.24) is 15.0 Å². The Morgan fingerprint density at radius 1 is 1.22 bits per heavy atom. The van der Waals surface area contributed by atoms with E-state index in [0.717, 1.165) is 0 Å². The molecule has 0 spiro atoms. The molecule has 122 valence electrons. The minimum Gasteiger partial charge on any atom is -0.423 e. The molecule has 1 heterocycles. The van der Waals surface area contributed by atoms with E-state index in [9.17, 15) is 4.79 Å². The van der Waals surface area contributed by atoms with Crippen LogP contribution in [0.1, 0.15) is 42.9 Å². The molecule has 0 unspecified atom stereocenters. The molecule has 6 nitrogen and oxygen atoms in total. The molecule has 1 aromatic carbocycles. The smallest absolute Gasteiger partial charge is 0.327 e. The molecule has 0 bridgehead atoms. The second-order valence-corrected chi connectivity index (χ2v) is 6.04. The number of halogens is 1. The lowest BCUT2D eigenvalue weighted by atomic mass is 10.1. The number of carbonyl (C=O) groups is 1. The second-order valence-electron chi connectivity index (χ2n) is 5.63. The first-order chi connectivity index (χ1) is 10.8. The summed E-state index contributed by atoms with van der Waals surface area (Å²) in [4.78, 5) is 26.1. The maximum absolute atomic E-state index is 11.4. The van der Waals surface area contributed by atoms with Gasteiger partial charge in [0.15, 0.2) is 5.78 Å². The highest BCUT2D eigenvalue weighted by Crippen LogP contribution is 2.29. The highest BCUT2D eigenvalue weighted by Gasteiger charge is 2.14. The highest BCUT2D eigenvalue weighted by molar-refractivity contribution is 6.32. The molecule has 0 saturated heterocycles. The molecule has 0 aliphatic heterocycles. The number of rotatable bonds is 5. The summed E-state index contributed by atoms with van der Waals surface area (Å²) >= 11 is 6.17. The van der Waals surface area contributed by atoms with Crippen LogP contribution >= 0.6 is 11.6 Å². The van der Waals surface area contributed by atoms with Crippen LogP contribution in [0.25, 0.3) is 0 Å². The summed E-state index contributed by atoms with van der Waals surface area (Å²) in [6, 6.07) is 5.02. The Balaban J connectivity index is 2.37. The third kappa shape index (κ3) is 4.16. The van der Waals surface area contributed by atoms with Crippen molar-refractivity contribution < 1.29 is 9.53 Å². The Bertz CT molecular complexity index is 706. The minimum atomic E-state index is -0.0596. The van der Waals surface area contributed by atoms with Crippen LogP contribution in [0.2, 0.25) is 5.02 Å². The van der Waals surface area contributed by atoms with Crippen LogP contribution in [0.3, 0.4) is 0 Å². The number of anilines is 1. The lowest BCUT2D eigenvalue weighted by Gasteiger charge is -2.14. The molecule has 0 amide bonds. The van der Waals surface area contributed by atoms with Crippen molar-refractivity contribution in [2.24, 2.45) is 0 Å². The van der Waals surface area contributed by atoms with Crippen LogP contribution in [0.4, 0.5) is 5.95 Å². The van der Waals surface area contributed by atoms with E-state index < -0.39 is 0 Å². The van der Waals surface area contributed by atoms with E-state index >= 15 is 0 Å². The molecule has 0 atom stereocenters. The molecular formula is C16H19ClN4O2. The van der Waals surface area contributed by atoms with Gasteiger partial charge in [0.25, 0.3) is 0 Å². The Hall–Kier alpha value is -2.21. The monoisotopic (exact) mass is 334 g/mol. The van der Waals surface area contributed by atoms with Gasteiger partial charge < -0.3 is 9.64 Å². The summed E-state index contributed by atoms with van der Waals surface area (Å²) < 4.78 is 5.69. The predicted octanol–water partition coefficient (Wildman–Crippen LogP) is 3.71. The number of nitrogens with zero attached hydrogens (tertiary/aromatic N) is 4. The van der Waals surface area contributed by atoms with Crippen molar-refractivity contribution in [2.75, 3.05) is 19.0 Å². The summed E-state index contributed by atoms with van der Waals surface area (Å²) in [5, 5.41) is 0.329. The quantitative estimate of drug-likeness (QED) is 0.776. The highest BCUT2D eigenvalue weighted by atomic mass is 35.5. The SMILES string of the molecule is CC(=O)c1ccc(Oc2nc(C(C)C)nc(N(C)C)n2)c(Cl)c1. The first-order valence-corrected chi connectivity index (χ1v) is 7.57. The molecule has 0 aliphatic carbocycles. The van der Waals surface area contributed by atoms with Gasteiger partial charge >= 0.3 is 6.01 Å². The van der Waals surface area contributed by atoms with Gasteiger partial charge in [-0.2, -0.15) is 15.0 Å². The molecular weight excluding hydrogens is 316 g/mol. The van der Waals surface area contributed by atoms with Crippen molar-refractivity contribution in [3.63, 3.8) is 0 Å². The van der Waals surface area contributed by atoms with Gasteiger partial charge in [-0.05, 0) is 25.1 Å². The summed E-state index contributed by atoms with van der Waals surface area (Å²) in [6.07, 6.45) is 0. The van der Waals surface area contributed by atoms with E-state index in [2.05, 4.69) is 15.0 Å². The number of hydrogen-bond acceptors (Lipinski definition) is 6. The van der Waals surface area contributed by atoms with E-state index in [1.807, 2.05) is 27.9 Å². The fourth-order valence-electron chi connectivity index (χ4n) is 1.77. The minimum absolute atomic E-state index is 0.0596. The van der Waals surface area contributed by atoms with Gasteiger partial charge in [-0.3, -0.25) is 4.79 Å². The van der Waals surface area contributed by atoms with Gasteiger partial charge in [0.1, 0.15) is 11.6 Å². The molecule has 7 heteroatoms. The number of aromatic nitrogens is 3. The summed E-state index contributed by atoms with van der Waals surface area (Å²) in [7, 11) is 3.69. The van der Waals surface area contributed by atoms with Gasteiger partial charge in [0.2, 0.25) is 5.95 Å².